The summed E-state index contributed by atoms with van der Waals surface area (Å²) in [5.74, 6) is 0.322. The van der Waals surface area contributed by atoms with Gasteiger partial charge >= 0.3 is 0 Å². The van der Waals surface area contributed by atoms with Crippen molar-refractivity contribution in [2.45, 2.75) is 31.1 Å². The lowest BCUT2D eigenvalue weighted by Crippen LogP contribution is -2.34. The van der Waals surface area contributed by atoms with E-state index in [0.29, 0.717) is 11.0 Å². The summed E-state index contributed by atoms with van der Waals surface area (Å²) in [7, 11) is 0. The number of nitrogens with two attached hydrogens (primary N) is 2. The van der Waals surface area contributed by atoms with Crippen LogP contribution < -0.4 is 11.5 Å². The SMILES string of the molecule is N=C(SC(N)C(=N)N)C1CCCC1. The Hall–Kier alpha value is -0.550. The van der Waals surface area contributed by atoms with Crippen LogP contribution in [0.25, 0.3) is 0 Å². The van der Waals surface area contributed by atoms with Gasteiger partial charge in [-0.1, -0.05) is 24.6 Å². The van der Waals surface area contributed by atoms with Gasteiger partial charge in [-0.2, -0.15) is 0 Å². The van der Waals surface area contributed by atoms with Crippen LogP contribution >= 0.6 is 11.8 Å². The highest BCUT2D eigenvalue weighted by molar-refractivity contribution is 8.14. The molecule has 0 saturated heterocycles. The number of nitrogens with one attached hydrogen (secondary N) is 2. The molecule has 0 aromatic rings. The maximum Gasteiger partial charge on any atom is 0.119 e. The molecule has 1 saturated carbocycles. The van der Waals surface area contributed by atoms with Crippen LogP contribution in [0.5, 0.6) is 0 Å². The van der Waals surface area contributed by atoms with Crippen LogP contribution in [-0.2, 0) is 0 Å². The predicted octanol–water partition coefficient (Wildman–Crippen LogP) is 1.11. The fraction of sp³-hybridized carbons (Fsp3) is 0.750. The molecular weight excluding hydrogens is 184 g/mol. The van der Waals surface area contributed by atoms with Crippen molar-refractivity contribution in [3.63, 3.8) is 0 Å². The van der Waals surface area contributed by atoms with Gasteiger partial charge in [0.2, 0.25) is 0 Å². The standard InChI is InChI=1S/C8H16N4S/c9-6(10)8(12)13-7(11)5-3-1-2-4-5/h5,8,11H,1-4,12H2,(H3,9,10). The van der Waals surface area contributed by atoms with Gasteiger partial charge in [0.15, 0.2) is 0 Å². The van der Waals surface area contributed by atoms with Gasteiger partial charge in [0.05, 0.1) is 5.04 Å². The van der Waals surface area contributed by atoms with E-state index in [2.05, 4.69) is 0 Å². The van der Waals surface area contributed by atoms with Crippen molar-refractivity contribution in [2.75, 3.05) is 0 Å². The van der Waals surface area contributed by atoms with E-state index in [9.17, 15) is 0 Å². The summed E-state index contributed by atoms with van der Waals surface area (Å²) in [6.07, 6.45) is 4.61. The smallest absolute Gasteiger partial charge is 0.119 e. The highest BCUT2D eigenvalue weighted by Gasteiger charge is 2.22. The zero-order valence-electron chi connectivity index (χ0n) is 7.55. The van der Waals surface area contributed by atoms with E-state index in [0.717, 1.165) is 12.8 Å². The van der Waals surface area contributed by atoms with Crippen molar-refractivity contribution in [3.8, 4) is 0 Å². The van der Waals surface area contributed by atoms with E-state index in [4.69, 9.17) is 22.3 Å². The van der Waals surface area contributed by atoms with Crippen molar-refractivity contribution in [1.82, 2.24) is 0 Å². The Labute approximate surface area is 82.5 Å². The quantitative estimate of drug-likeness (QED) is 0.312. The summed E-state index contributed by atoms with van der Waals surface area (Å²) < 4.78 is 0. The van der Waals surface area contributed by atoms with Crippen LogP contribution in [0, 0.1) is 16.7 Å². The van der Waals surface area contributed by atoms with Crippen LogP contribution in [-0.4, -0.2) is 16.3 Å². The minimum atomic E-state index is -0.534. The van der Waals surface area contributed by atoms with Gasteiger partial charge in [-0.15, -0.1) is 0 Å². The Morgan fingerprint density at radius 1 is 1.31 bits per heavy atom. The third-order valence-corrected chi connectivity index (χ3v) is 3.38. The van der Waals surface area contributed by atoms with Gasteiger partial charge in [0, 0.05) is 5.92 Å². The van der Waals surface area contributed by atoms with Gasteiger partial charge in [-0.05, 0) is 12.8 Å². The fourth-order valence-corrected chi connectivity index (χ4v) is 2.31. The Morgan fingerprint density at radius 3 is 2.31 bits per heavy atom. The normalized spacial score (nSPS) is 20.1. The number of hydrogen-bond acceptors (Lipinski definition) is 4. The summed E-state index contributed by atoms with van der Waals surface area (Å²) in [4.78, 5) is 0. The molecule has 0 aliphatic heterocycles. The van der Waals surface area contributed by atoms with E-state index >= 15 is 0 Å². The Morgan fingerprint density at radius 2 is 1.85 bits per heavy atom. The molecule has 0 bridgehead atoms. The number of amidine groups is 1. The minimum absolute atomic E-state index is 0.0484. The lowest BCUT2D eigenvalue weighted by atomic mass is 10.1. The maximum absolute atomic E-state index is 7.74. The summed E-state index contributed by atoms with van der Waals surface area (Å²) in [5, 5.41) is 14.9. The molecule has 1 rings (SSSR count). The largest absolute Gasteiger partial charge is 0.386 e. The second kappa shape index (κ2) is 4.62. The molecule has 13 heavy (non-hydrogen) atoms. The lowest BCUT2D eigenvalue weighted by molar-refractivity contribution is 0.736. The molecule has 0 spiro atoms. The van der Waals surface area contributed by atoms with E-state index in [1.54, 1.807) is 0 Å². The molecule has 6 N–H and O–H groups in total. The Bertz CT molecular complexity index is 210. The average Bonchev–Trinajstić information content (AvgIpc) is 2.55. The highest BCUT2D eigenvalue weighted by atomic mass is 32.2. The van der Waals surface area contributed by atoms with Crippen molar-refractivity contribution in [1.29, 1.82) is 10.8 Å². The van der Waals surface area contributed by atoms with Crippen LogP contribution in [0.2, 0.25) is 0 Å². The highest BCUT2D eigenvalue weighted by Crippen LogP contribution is 2.30. The third kappa shape index (κ3) is 3.00. The zero-order chi connectivity index (χ0) is 9.84. The average molecular weight is 200 g/mol. The second-order valence-corrected chi connectivity index (χ2v) is 4.52. The van der Waals surface area contributed by atoms with E-state index in [1.807, 2.05) is 0 Å². The zero-order valence-corrected chi connectivity index (χ0v) is 8.36. The first-order chi connectivity index (χ1) is 6.11. The molecule has 1 atom stereocenters. The first kappa shape index (κ1) is 10.5. The lowest BCUT2D eigenvalue weighted by Gasteiger charge is -2.14. The van der Waals surface area contributed by atoms with Crippen molar-refractivity contribution in [3.05, 3.63) is 0 Å². The first-order valence-corrected chi connectivity index (χ1v) is 5.34. The van der Waals surface area contributed by atoms with Gasteiger partial charge in [-0.3, -0.25) is 10.8 Å². The molecule has 0 aromatic carbocycles. The van der Waals surface area contributed by atoms with Crippen LogP contribution in [0.1, 0.15) is 25.7 Å². The maximum atomic E-state index is 7.74. The molecule has 1 aliphatic carbocycles. The Kier molecular flexibility index (Phi) is 3.74. The van der Waals surface area contributed by atoms with Crippen molar-refractivity contribution in [2.24, 2.45) is 17.4 Å². The third-order valence-electron chi connectivity index (χ3n) is 2.29. The molecule has 1 aliphatic rings. The topological polar surface area (TPSA) is 99.7 Å². The van der Waals surface area contributed by atoms with Crippen molar-refractivity contribution < 1.29 is 0 Å². The second-order valence-electron chi connectivity index (χ2n) is 3.34. The number of hydrogen-bond donors (Lipinski definition) is 4. The summed E-state index contributed by atoms with van der Waals surface area (Å²) >= 11 is 1.22. The molecule has 4 nitrogen and oxygen atoms in total. The number of thioether (sulfide) groups is 1. The molecular formula is C8H16N4S. The summed E-state index contributed by atoms with van der Waals surface area (Å²) in [6, 6.07) is 0. The summed E-state index contributed by atoms with van der Waals surface area (Å²) in [6.45, 7) is 0. The van der Waals surface area contributed by atoms with E-state index in [-0.39, 0.29) is 5.84 Å². The van der Waals surface area contributed by atoms with E-state index in [1.165, 1.54) is 24.6 Å². The van der Waals surface area contributed by atoms with Gasteiger partial charge < -0.3 is 11.5 Å². The predicted molar refractivity (Wildman–Crippen MR) is 57.2 cm³/mol. The molecule has 0 amide bonds. The fourth-order valence-electron chi connectivity index (χ4n) is 1.48. The van der Waals surface area contributed by atoms with E-state index < -0.39 is 5.37 Å². The molecule has 1 fully saturated rings. The van der Waals surface area contributed by atoms with Gasteiger partial charge in [-0.25, -0.2) is 0 Å². The molecule has 5 heteroatoms. The number of rotatable bonds is 3. The van der Waals surface area contributed by atoms with Crippen LogP contribution in [0.15, 0.2) is 0 Å². The minimum Gasteiger partial charge on any atom is -0.386 e. The molecule has 0 radical (unpaired) electrons. The van der Waals surface area contributed by atoms with Gasteiger partial charge in [0.1, 0.15) is 11.2 Å². The van der Waals surface area contributed by atoms with Gasteiger partial charge in [0.25, 0.3) is 0 Å². The molecule has 0 aromatic heterocycles. The monoisotopic (exact) mass is 200 g/mol. The molecule has 1 unspecified atom stereocenters. The summed E-state index contributed by atoms with van der Waals surface area (Å²) in [5.41, 5.74) is 10.8. The Balaban J connectivity index is 2.35. The van der Waals surface area contributed by atoms with Crippen molar-refractivity contribution >= 4 is 22.6 Å². The van der Waals surface area contributed by atoms with Crippen LogP contribution in [0.3, 0.4) is 0 Å². The van der Waals surface area contributed by atoms with Crippen LogP contribution in [0.4, 0.5) is 0 Å². The molecule has 0 heterocycles. The molecule has 74 valence electrons. The first-order valence-electron chi connectivity index (χ1n) is 4.46.